The number of amides is 1. The van der Waals surface area contributed by atoms with Gasteiger partial charge in [0.1, 0.15) is 5.69 Å². The third-order valence-electron chi connectivity index (χ3n) is 4.24. The number of alkyl halides is 3. The highest BCUT2D eigenvalue weighted by Gasteiger charge is 2.36. The number of nitrogens with zero attached hydrogens (tertiary/aromatic N) is 3. The van der Waals surface area contributed by atoms with Crippen LogP contribution in [-0.2, 0) is 16.2 Å². The lowest BCUT2D eigenvalue weighted by Crippen LogP contribution is -2.50. The molecular formula is C16H15ClF3N3O3S2. The zero-order valence-electron chi connectivity index (χ0n) is 14.5. The number of aryl methyl sites for hydroxylation is 1. The highest BCUT2D eigenvalue weighted by Crippen LogP contribution is 2.36. The first-order chi connectivity index (χ1) is 13.0. The highest BCUT2D eigenvalue weighted by atomic mass is 35.5. The van der Waals surface area contributed by atoms with E-state index in [-0.39, 0.29) is 32.1 Å². The smallest absolute Gasteiger partial charge is 0.335 e. The molecule has 0 N–H and O–H groups in total. The lowest BCUT2D eigenvalue weighted by Gasteiger charge is -2.33. The van der Waals surface area contributed by atoms with Crippen LogP contribution >= 0.6 is 22.9 Å². The van der Waals surface area contributed by atoms with Gasteiger partial charge >= 0.3 is 6.18 Å². The average molecular weight is 454 g/mol. The molecule has 1 fully saturated rings. The number of hydrogen-bond acceptors (Lipinski definition) is 5. The van der Waals surface area contributed by atoms with Crippen LogP contribution in [0.3, 0.4) is 0 Å². The fraction of sp³-hybridized carbons (Fsp3) is 0.375. The van der Waals surface area contributed by atoms with E-state index in [1.54, 1.807) is 12.3 Å². The largest absolute Gasteiger partial charge is 0.417 e. The van der Waals surface area contributed by atoms with Crippen LogP contribution in [0.2, 0.25) is 5.02 Å². The summed E-state index contributed by atoms with van der Waals surface area (Å²) in [5, 5.41) is 1.81. The Balaban J connectivity index is 1.76. The van der Waals surface area contributed by atoms with Gasteiger partial charge in [-0.2, -0.15) is 17.5 Å². The van der Waals surface area contributed by atoms with E-state index in [1.165, 1.54) is 16.2 Å². The van der Waals surface area contributed by atoms with Crippen molar-refractivity contribution in [3.8, 4) is 0 Å². The van der Waals surface area contributed by atoms with Crippen LogP contribution in [0.4, 0.5) is 13.2 Å². The summed E-state index contributed by atoms with van der Waals surface area (Å²) in [6, 6.07) is 2.50. The number of rotatable bonds is 3. The number of carbonyl (C=O) groups excluding carboxylic acids is 1. The first-order valence-electron chi connectivity index (χ1n) is 8.08. The van der Waals surface area contributed by atoms with E-state index in [0.29, 0.717) is 11.8 Å². The minimum atomic E-state index is -4.76. The van der Waals surface area contributed by atoms with Gasteiger partial charge in [-0.05, 0) is 25.1 Å². The van der Waals surface area contributed by atoms with Crippen LogP contribution < -0.4 is 0 Å². The van der Waals surface area contributed by atoms with E-state index in [4.69, 9.17) is 11.6 Å². The summed E-state index contributed by atoms with van der Waals surface area (Å²) in [6.45, 7) is 1.96. The van der Waals surface area contributed by atoms with Gasteiger partial charge in [0.05, 0.1) is 20.5 Å². The highest BCUT2D eigenvalue weighted by molar-refractivity contribution is 7.89. The molecule has 28 heavy (non-hydrogen) atoms. The Morgan fingerprint density at radius 1 is 1.21 bits per heavy atom. The van der Waals surface area contributed by atoms with E-state index in [0.717, 1.165) is 21.4 Å². The summed E-state index contributed by atoms with van der Waals surface area (Å²) >= 11 is 6.89. The van der Waals surface area contributed by atoms with Crippen molar-refractivity contribution in [3.05, 3.63) is 44.9 Å². The lowest BCUT2D eigenvalue weighted by atomic mass is 10.2. The predicted molar refractivity (Wildman–Crippen MR) is 98.0 cm³/mol. The third kappa shape index (κ3) is 4.17. The molecular weight excluding hydrogens is 439 g/mol. The lowest BCUT2D eigenvalue weighted by molar-refractivity contribution is -0.137. The van der Waals surface area contributed by atoms with Crippen molar-refractivity contribution in [3.63, 3.8) is 0 Å². The number of benzene rings is 1. The summed E-state index contributed by atoms with van der Waals surface area (Å²) in [5.41, 5.74) is -0.908. The Morgan fingerprint density at radius 3 is 2.39 bits per heavy atom. The number of halogens is 4. The van der Waals surface area contributed by atoms with Crippen molar-refractivity contribution in [2.45, 2.75) is 18.0 Å². The number of aromatic nitrogens is 1. The van der Waals surface area contributed by atoms with Crippen LogP contribution in [0.15, 0.2) is 28.5 Å². The number of thiazole rings is 1. The summed E-state index contributed by atoms with van der Waals surface area (Å²) < 4.78 is 65.6. The Labute approximate surface area is 168 Å². The number of hydrogen-bond donors (Lipinski definition) is 0. The SMILES string of the molecule is Cc1nc(C(=O)N2CCN(S(=O)(=O)c3ccc(Cl)c(C(F)(F)F)c3)CC2)cs1. The maximum absolute atomic E-state index is 13.0. The number of piperazine rings is 1. The van der Waals surface area contributed by atoms with Crippen LogP contribution in [0.5, 0.6) is 0 Å². The Kier molecular flexibility index (Phi) is 5.72. The molecule has 1 aromatic heterocycles. The molecule has 0 spiro atoms. The third-order valence-corrected chi connectivity index (χ3v) is 7.24. The predicted octanol–water partition coefficient (Wildman–Crippen LogP) is 3.27. The van der Waals surface area contributed by atoms with Crippen molar-refractivity contribution < 1.29 is 26.4 Å². The second-order valence-corrected chi connectivity index (χ2v) is 9.49. The molecule has 1 saturated heterocycles. The Hall–Kier alpha value is -1.69. The summed E-state index contributed by atoms with van der Waals surface area (Å²) in [6.07, 6.45) is -4.76. The van der Waals surface area contributed by atoms with Gasteiger partial charge in [0.2, 0.25) is 10.0 Å². The maximum atomic E-state index is 13.0. The molecule has 3 rings (SSSR count). The van der Waals surface area contributed by atoms with Gasteiger partial charge < -0.3 is 4.90 Å². The van der Waals surface area contributed by atoms with Gasteiger partial charge in [0.15, 0.2) is 0 Å². The molecule has 0 bridgehead atoms. The van der Waals surface area contributed by atoms with Crippen LogP contribution in [0.25, 0.3) is 0 Å². The second kappa shape index (κ2) is 7.62. The van der Waals surface area contributed by atoms with E-state index in [1.807, 2.05) is 0 Å². The molecule has 1 amide bonds. The van der Waals surface area contributed by atoms with Crippen molar-refractivity contribution in [2.24, 2.45) is 0 Å². The fourth-order valence-corrected chi connectivity index (χ4v) is 5.05. The van der Waals surface area contributed by atoms with Gasteiger partial charge in [-0.25, -0.2) is 13.4 Å². The van der Waals surface area contributed by atoms with Crippen molar-refractivity contribution in [1.82, 2.24) is 14.2 Å². The van der Waals surface area contributed by atoms with Gasteiger partial charge in [-0.1, -0.05) is 11.6 Å². The van der Waals surface area contributed by atoms with Crippen molar-refractivity contribution in [2.75, 3.05) is 26.2 Å². The molecule has 0 aliphatic carbocycles. The first-order valence-corrected chi connectivity index (χ1v) is 10.8. The molecule has 0 atom stereocenters. The monoisotopic (exact) mass is 453 g/mol. The van der Waals surface area contributed by atoms with E-state index < -0.39 is 31.7 Å². The topological polar surface area (TPSA) is 70.6 Å². The number of carbonyl (C=O) groups is 1. The van der Waals surface area contributed by atoms with Gasteiger partial charge in [0.25, 0.3) is 5.91 Å². The zero-order valence-corrected chi connectivity index (χ0v) is 16.9. The minimum Gasteiger partial charge on any atom is -0.335 e. The molecule has 2 aromatic rings. The minimum absolute atomic E-state index is 0.0266. The van der Waals surface area contributed by atoms with E-state index in [2.05, 4.69) is 4.98 Å². The number of sulfonamides is 1. The summed E-state index contributed by atoms with van der Waals surface area (Å²) in [4.78, 5) is 17.5. The molecule has 2 heterocycles. The van der Waals surface area contributed by atoms with Crippen LogP contribution in [-0.4, -0.2) is 54.7 Å². The first kappa shape index (κ1) is 21.0. The summed E-state index contributed by atoms with van der Waals surface area (Å²) in [5.74, 6) is -0.299. The second-order valence-electron chi connectivity index (χ2n) is 6.09. The standard InChI is InChI=1S/C16H15ClF3N3O3S2/c1-10-21-14(9-27-10)15(24)22-4-6-23(7-5-22)28(25,26)11-2-3-13(17)12(8-11)16(18,19)20/h2-3,8-9H,4-7H2,1H3. The van der Waals surface area contributed by atoms with Crippen molar-refractivity contribution >= 4 is 38.9 Å². The maximum Gasteiger partial charge on any atom is 0.417 e. The fourth-order valence-electron chi connectivity index (χ4n) is 2.79. The quantitative estimate of drug-likeness (QED) is 0.715. The van der Waals surface area contributed by atoms with Crippen LogP contribution in [0.1, 0.15) is 21.1 Å². The molecule has 6 nitrogen and oxygen atoms in total. The van der Waals surface area contributed by atoms with E-state index in [9.17, 15) is 26.4 Å². The molecule has 0 saturated carbocycles. The van der Waals surface area contributed by atoms with Gasteiger partial charge in [-0.15, -0.1) is 11.3 Å². The Bertz CT molecular complexity index is 1000. The molecule has 1 aromatic carbocycles. The zero-order chi connectivity index (χ0) is 20.7. The molecule has 0 unspecified atom stereocenters. The molecule has 1 aliphatic heterocycles. The molecule has 1 aliphatic rings. The van der Waals surface area contributed by atoms with Crippen LogP contribution in [0, 0.1) is 6.92 Å². The molecule has 12 heteroatoms. The average Bonchev–Trinajstić information content (AvgIpc) is 3.07. The Morgan fingerprint density at radius 2 is 1.86 bits per heavy atom. The van der Waals surface area contributed by atoms with Gasteiger partial charge in [-0.3, -0.25) is 4.79 Å². The normalized spacial score (nSPS) is 16.4. The molecule has 0 radical (unpaired) electrons. The van der Waals surface area contributed by atoms with Crippen molar-refractivity contribution in [1.29, 1.82) is 0 Å². The van der Waals surface area contributed by atoms with E-state index >= 15 is 0 Å². The van der Waals surface area contributed by atoms with Gasteiger partial charge in [0, 0.05) is 31.6 Å². The summed E-state index contributed by atoms with van der Waals surface area (Å²) in [7, 11) is -4.15. The molecule has 152 valence electrons.